The number of aromatic hydroxyl groups is 1. The predicted molar refractivity (Wildman–Crippen MR) is 127 cm³/mol. The van der Waals surface area contributed by atoms with Crippen LogP contribution in [0.25, 0.3) is 33.0 Å². The highest BCUT2D eigenvalue weighted by molar-refractivity contribution is 6.11. The first-order valence-corrected chi connectivity index (χ1v) is 10.3. The Balaban J connectivity index is 1.64. The van der Waals surface area contributed by atoms with Gasteiger partial charge in [-0.2, -0.15) is 0 Å². The molecule has 0 spiro atoms. The second-order valence-electron chi connectivity index (χ2n) is 7.90. The van der Waals surface area contributed by atoms with Crippen LogP contribution >= 0.6 is 0 Å². The lowest BCUT2D eigenvalue weighted by atomic mass is 10.0. The van der Waals surface area contributed by atoms with Crippen molar-refractivity contribution in [2.24, 2.45) is 0 Å². The van der Waals surface area contributed by atoms with E-state index < -0.39 is 22.9 Å². The molecule has 0 radical (unpaired) electrons. The van der Waals surface area contributed by atoms with E-state index in [9.17, 15) is 19.8 Å². The number of aromatic nitrogens is 1. The van der Waals surface area contributed by atoms with E-state index in [1.165, 1.54) is 6.07 Å². The molecule has 0 saturated carbocycles. The van der Waals surface area contributed by atoms with Gasteiger partial charge in [0, 0.05) is 12.2 Å². The summed E-state index contributed by atoms with van der Waals surface area (Å²) in [6.45, 7) is 2.38. The van der Waals surface area contributed by atoms with Crippen LogP contribution in [0.2, 0.25) is 0 Å². The quantitative estimate of drug-likeness (QED) is 0.371. The summed E-state index contributed by atoms with van der Waals surface area (Å²) in [5.74, 6) is -3.26. The number of nitrogens with two attached hydrogens (primary N) is 1. The molecule has 2 aromatic heterocycles. The maximum atomic E-state index is 12.5. The van der Waals surface area contributed by atoms with E-state index in [0.717, 1.165) is 22.4 Å². The van der Waals surface area contributed by atoms with E-state index in [1.807, 2.05) is 41.8 Å². The molecule has 0 fully saturated rings. The Bertz CT molecular complexity index is 1600. The molecule has 4 N–H and O–H groups in total. The van der Waals surface area contributed by atoms with Gasteiger partial charge in [0.2, 0.25) is 11.2 Å². The molecule has 0 unspecified atom stereocenters. The van der Waals surface area contributed by atoms with Crippen LogP contribution in [-0.2, 0) is 6.54 Å². The molecule has 0 aliphatic heterocycles. The number of rotatable bonds is 4. The lowest BCUT2D eigenvalue weighted by molar-refractivity contribution is 0.0658. The first-order chi connectivity index (χ1) is 15.9. The zero-order valence-electron chi connectivity index (χ0n) is 17.7. The van der Waals surface area contributed by atoms with Crippen molar-refractivity contribution < 1.29 is 19.4 Å². The fourth-order valence-electron chi connectivity index (χ4n) is 4.19. The summed E-state index contributed by atoms with van der Waals surface area (Å²) in [5.41, 5.74) is 10.8. The van der Waals surface area contributed by atoms with Crippen LogP contribution in [0.1, 0.15) is 21.8 Å². The number of aromatic carboxylic acids is 1. The van der Waals surface area contributed by atoms with Crippen LogP contribution in [0.3, 0.4) is 0 Å². The Labute approximate surface area is 187 Å². The number of carboxylic acids is 1. The SMILES string of the molecule is Cc1c(N)c2c3oc(C(=O)O)c(O)c(=O)c3ccc2n1Cc1ccc(-c2ccccc2)cc1. The van der Waals surface area contributed by atoms with Crippen LogP contribution in [-0.4, -0.2) is 20.7 Å². The van der Waals surface area contributed by atoms with Gasteiger partial charge in [0.1, 0.15) is 0 Å². The number of nitrogen functional groups attached to an aromatic ring is 1. The van der Waals surface area contributed by atoms with Crippen molar-refractivity contribution in [3.8, 4) is 16.9 Å². The van der Waals surface area contributed by atoms with E-state index in [1.54, 1.807) is 6.07 Å². The minimum Gasteiger partial charge on any atom is -0.501 e. The van der Waals surface area contributed by atoms with Gasteiger partial charge in [-0.25, -0.2) is 4.79 Å². The number of anilines is 1. The molecule has 5 aromatic rings. The topological polar surface area (TPSA) is 119 Å². The van der Waals surface area contributed by atoms with Crippen molar-refractivity contribution in [3.05, 3.63) is 94.0 Å². The Morgan fingerprint density at radius 3 is 2.33 bits per heavy atom. The van der Waals surface area contributed by atoms with Crippen LogP contribution < -0.4 is 11.2 Å². The molecular formula is C26H20N2O5. The molecule has 0 saturated heterocycles. The number of nitrogens with zero attached hydrogens (tertiary/aromatic N) is 1. The molecule has 0 bridgehead atoms. The number of carboxylic acid groups (broad SMARTS) is 1. The van der Waals surface area contributed by atoms with Crippen LogP contribution in [0.15, 0.2) is 75.9 Å². The molecule has 0 atom stereocenters. The van der Waals surface area contributed by atoms with Crippen LogP contribution in [0.5, 0.6) is 5.75 Å². The number of carbonyl (C=O) groups is 1. The number of benzene rings is 3. The van der Waals surface area contributed by atoms with Crippen molar-refractivity contribution >= 4 is 33.5 Å². The largest absolute Gasteiger partial charge is 0.501 e. The number of fused-ring (bicyclic) bond motifs is 3. The first-order valence-electron chi connectivity index (χ1n) is 10.3. The maximum Gasteiger partial charge on any atom is 0.375 e. The standard InChI is InChI=1S/C26H20N2O5/c1-14-21(27)20-19(12-11-18-22(29)23(30)25(26(31)32)33-24(18)20)28(14)13-15-7-9-17(10-8-15)16-5-3-2-4-6-16/h2-12,30H,13,27H2,1H3,(H,31,32). The van der Waals surface area contributed by atoms with Crippen LogP contribution in [0.4, 0.5) is 5.69 Å². The second-order valence-corrected chi connectivity index (χ2v) is 7.90. The number of hydrogen-bond acceptors (Lipinski definition) is 5. The van der Waals surface area contributed by atoms with Crippen molar-refractivity contribution in [3.63, 3.8) is 0 Å². The minimum atomic E-state index is -1.53. The third kappa shape index (κ3) is 3.22. The van der Waals surface area contributed by atoms with Crippen molar-refractivity contribution in [1.29, 1.82) is 0 Å². The molecule has 164 valence electrons. The van der Waals surface area contributed by atoms with Gasteiger partial charge in [-0.05, 0) is 35.7 Å². The van der Waals surface area contributed by atoms with E-state index in [4.69, 9.17) is 10.2 Å². The fraction of sp³-hybridized carbons (Fsp3) is 0.0769. The van der Waals surface area contributed by atoms with E-state index in [-0.39, 0.29) is 11.0 Å². The molecule has 7 heteroatoms. The van der Waals surface area contributed by atoms with E-state index >= 15 is 0 Å². The van der Waals surface area contributed by atoms with Crippen molar-refractivity contribution in [1.82, 2.24) is 4.57 Å². The molecule has 0 amide bonds. The monoisotopic (exact) mass is 440 g/mol. The summed E-state index contributed by atoms with van der Waals surface area (Å²) in [6.07, 6.45) is 0. The van der Waals surface area contributed by atoms with Gasteiger partial charge in [-0.3, -0.25) is 4.79 Å². The summed E-state index contributed by atoms with van der Waals surface area (Å²) < 4.78 is 7.46. The summed E-state index contributed by atoms with van der Waals surface area (Å²) in [5, 5.41) is 19.8. The Morgan fingerprint density at radius 1 is 1.00 bits per heavy atom. The molecule has 33 heavy (non-hydrogen) atoms. The molecule has 3 aromatic carbocycles. The van der Waals surface area contributed by atoms with E-state index in [2.05, 4.69) is 24.3 Å². The third-order valence-electron chi connectivity index (χ3n) is 5.97. The predicted octanol–water partition coefficient (Wildman–Crippen LogP) is 4.76. The second kappa shape index (κ2) is 7.56. The lowest BCUT2D eigenvalue weighted by Crippen LogP contribution is -2.08. The van der Waals surface area contributed by atoms with Gasteiger partial charge in [0.15, 0.2) is 5.58 Å². The average Bonchev–Trinajstić information content (AvgIpc) is 3.07. The van der Waals surface area contributed by atoms with Gasteiger partial charge < -0.3 is 24.9 Å². The Morgan fingerprint density at radius 2 is 1.67 bits per heavy atom. The number of hydrogen-bond donors (Lipinski definition) is 3. The Kier molecular flexibility index (Phi) is 4.67. The molecule has 2 heterocycles. The smallest absolute Gasteiger partial charge is 0.375 e. The van der Waals surface area contributed by atoms with Crippen LogP contribution in [0, 0.1) is 6.92 Å². The highest BCUT2D eigenvalue weighted by Gasteiger charge is 2.23. The maximum absolute atomic E-state index is 12.5. The zero-order chi connectivity index (χ0) is 23.3. The first kappa shape index (κ1) is 20.4. The zero-order valence-corrected chi connectivity index (χ0v) is 17.7. The Hall–Kier alpha value is -4.52. The average molecular weight is 440 g/mol. The summed E-state index contributed by atoms with van der Waals surface area (Å²) in [7, 11) is 0. The van der Waals surface area contributed by atoms with Gasteiger partial charge in [0.05, 0.1) is 22.0 Å². The molecule has 5 rings (SSSR count). The molecule has 0 aliphatic carbocycles. The molecule has 0 aliphatic rings. The summed E-state index contributed by atoms with van der Waals surface area (Å²) >= 11 is 0. The normalized spacial score (nSPS) is 11.3. The van der Waals surface area contributed by atoms with Gasteiger partial charge >= 0.3 is 5.97 Å². The molecular weight excluding hydrogens is 420 g/mol. The fourth-order valence-corrected chi connectivity index (χ4v) is 4.19. The summed E-state index contributed by atoms with van der Waals surface area (Å²) in [4.78, 5) is 24.0. The third-order valence-corrected chi connectivity index (χ3v) is 5.97. The van der Waals surface area contributed by atoms with Gasteiger partial charge in [0.25, 0.3) is 5.76 Å². The van der Waals surface area contributed by atoms with Crippen molar-refractivity contribution in [2.75, 3.05) is 5.73 Å². The van der Waals surface area contributed by atoms with Crippen molar-refractivity contribution in [2.45, 2.75) is 13.5 Å². The summed E-state index contributed by atoms with van der Waals surface area (Å²) in [6, 6.07) is 21.6. The lowest BCUT2D eigenvalue weighted by Gasteiger charge is -2.10. The molecule has 7 nitrogen and oxygen atoms in total. The highest BCUT2D eigenvalue weighted by atomic mass is 16.4. The minimum absolute atomic E-state index is 0.0477. The van der Waals surface area contributed by atoms with E-state index in [0.29, 0.717) is 23.1 Å². The van der Waals surface area contributed by atoms with Gasteiger partial charge in [-0.15, -0.1) is 0 Å². The highest BCUT2D eigenvalue weighted by Crippen LogP contribution is 2.36. The van der Waals surface area contributed by atoms with Gasteiger partial charge in [-0.1, -0.05) is 54.6 Å².